The van der Waals surface area contributed by atoms with E-state index in [1.54, 1.807) is 13.4 Å². The molecule has 14 heavy (non-hydrogen) atoms. The molecule has 0 aliphatic rings. The average molecular weight is 197 g/mol. The molecule has 0 saturated heterocycles. The van der Waals surface area contributed by atoms with Gasteiger partial charge in [-0.3, -0.25) is 0 Å². The van der Waals surface area contributed by atoms with E-state index in [4.69, 9.17) is 9.15 Å². The molecule has 80 valence electrons. The fourth-order valence-corrected chi connectivity index (χ4v) is 1.46. The minimum absolute atomic E-state index is 0.241. The number of hydrogen-bond acceptors (Lipinski definition) is 3. The molecule has 0 aliphatic carbocycles. The summed E-state index contributed by atoms with van der Waals surface area (Å²) in [4.78, 5) is 0. The molecule has 0 amide bonds. The van der Waals surface area contributed by atoms with E-state index in [-0.39, 0.29) is 6.04 Å². The number of rotatable bonds is 6. The molecular weight excluding hydrogens is 178 g/mol. The van der Waals surface area contributed by atoms with Crippen LogP contribution in [-0.4, -0.2) is 19.8 Å². The first-order valence-electron chi connectivity index (χ1n) is 5.06. The maximum atomic E-state index is 5.32. The lowest BCUT2D eigenvalue weighted by molar-refractivity contribution is 0.157. The van der Waals surface area contributed by atoms with Crippen LogP contribution in [0.2, 0.25) is 0 Å². The second kappa shape index (κ2) is 5.83. The van der Waals surface area contributed by atoms with Gasteiger partial charge in [-0.15, -0.1) is 0 Å². The second-order valence-electron chi connectivity index (χ2n) is 3.46. The summed E-state index contributed by atoms with van der Waals surface area (Å²) >= 11 is 0. The Morgan fingerprint density at radius 1 is 1.57 bits per heavy atom. The molecule has 3 nitrogen and oxygen atoms in total. The lowest BCUT2D eigenvalue weighted by atomic mass is 10.2. The number of ether oxygens (including phenoxy) is 1. The van der Waals surface area contributed by atoms with Crippen LogP contribution in [0.4, 0.5) is 0 Å². The molecule has 1 aromatic rings. The van der Waals surface area contributed by atoms with E-state index in [2.05, 4.69) is 19.2 Å². The third-order valence-electron chi connectivity index (χ3n) is 2.32. The van der Waals surface area contributed by atoms with Crippen molar-refractivity contribution in [1.29, 1.82) is 0 Å². The Labute approximate surface area is 85.4 Å². The number of nitrogens with one attached hydrogen (secondary N) is 1. The highest BCUT2D eigenvalue weighted by Gasteiger charge is 2.12. The van der Waals surface area contributed by atoms with Crippen molar-refractivity contribution in [3.8, 4) is 0 Å². The molecule has 0 aliphatic heterocycles. The van der Waals surface area contributed by atoms with E-state index in [0.29, 0.717) is 6.04 Å². The summed E-state index contributed by atoms with van der Waals surface area (Å²) in [5, 5.41) is 3.45. The Morgan fingerprint density at radius 2 is 2.36 bits per heavy atom. The highest BCUT2D eigenvalue weighted by atomic mass is 16.5. The van der Waals surface area contributed by atoms with Crippen molar-refractivity contribution >= 4 is 0 Å². The Balaban J connectivity index is 2.42. The van der Waals surface area contributed by atoms with E-state index < -0.39 is 0 Å². The van der Waals surface area contributed by atoms with Crippen molar-refractivity contribution in [2.45, 2.75) is 32.4 Å². The van der Waals surface area contributed by atoms with Crippen molar-refractivity contribution < 1.29 is 9.15 Å². The molecule has 0 fully saturated rings. The largest absolute Gasteiger partial charge is 0.468 e. The summed E-state index contributed by atoms with van der Waals surface area (Å²) in [7, 11) is 1.72. The minimum Gasteiger partial charge on any atom is -0.468 e. The molecule has 0 bridgehead atoms. The van der Waals surface area contributed by atoms with E-state index in [1.807, 2.05) is 12.1 Å². The summed E-state index contributed by atoms with van der Waals surface area (Å²) in [6.07, 6.45) is 2.75. The van der Waals surface area contributed by atoms with Crippen LogP contribution in [0.5, 0.6) is 0 Å². The highest BCUT2D eigenvalue weighted by molar-refractivity contribution is 5.03. The van der Waals surface area contributed by atoms with Crippen LogP contribution in [0.25, 0.3) is 0 Å². The Morgan fingerprint density at radius 3 is 2.86 bits per heavy atom. The van der Waals surface area contributed by atoms with Gasteiger partial charge in [0, 0.05) is 13.2 Å². The van der Waals surface area contributed by atoms with Gasteiger partial charge in [0.2, 0.25) is 0 Å². The molecule has 3 heteroatoms. The number of methoxy groups -OCH3 is 1. The van der Waals surface area contributed by atoms with E-state index >= 15 is 0 Å². The van der Waals surface area contributed by atoms with Crippen LogP contribution in [-0.2, 0) is 4.74 Å². The molecule has 0 aromatic carbocycles. The van der Waals surface area contributed by atoms with Gasteiger partial charge in [-0.25, -0.2) is 0 Å². The summed E-state index contributed by atoms with van der Waals surface area (Å²) in [5.74, 6) is 0.972. The lowest BCUT2D eigenvalue weighted by Crippen LogP contribution is -2.34. The summed E-state index contributed by atoms with van der Waals surface area (Å²) in [5.41, 5.74) is 0. The Hall–Kier alpha value is -0.800. The van der Waals surface area contributed by atoms with Crippen LogP contribution in [0.1, 0.15) is 32.1 Å². The first-order valence-corrected chi connectivity index (χ1v) is 5.06. The molecule has 1 aromatic heterocycles. The molecule has 0 spiro atoms. The van der Waals surface area contributed by atoms with E-state index in [9.17, 15) is 0 Å². The van der Waals surface area contributed by atoms with Crippen LogP contribution < -0.4 is 5.32 Å². The van der Waals surface area contributed by atoms with Crippen molar-refractivity contribution in [3.63, 3.8) is 0 Å². The fourth-order valence-electron chi connectivity index (χ4n) is 1.46. The SMILES string of the molecule is CCC(COC)N[C@@H](C)c1ccco1. The third kappa shape index (κ3) is 3.16. The second-order valence-corrected chi connectivity index (χ2v) is 3.46. The molecule has 2 atom stereocenters. The summed E-state index contributed by atoms with van der Waals surface area (Å²) in [6, 6.07) is 4.52. The predicted molar refractivity (Wildman–Crippen MR) is 56.2 cm³/mol. The van der Waals surface area contributed by atoms with Gasteiger partial charge in [0.25, 0.3) is 0 Å². The monoisotopic (exact) mass is 197 g/mol. The Bertz CT molecular complexity index is 233. The maximum absolute atomic E-state index is 5.32. The number of hydrogen-bond donors (Lipinski definition) is 1. The van der Waals surface area contributed by atoms with Gasteiger partial charge in [-0.2, -0.15) is 0 Å². The third-order valence-corrected chi connectivity index (χ3v) is 2.32. The zero-order valence-electron chi connectivity index (χ0n) is 9.12. The summed E-state index contributed by atoms with van der Waals surface area (Å²) in [6.45, 7) is 4.98. The fraction of sp³-hybridized carbons (Fsp3) is 0.636. The van der Waals surface area contributed by atoms with Crippen molar-refractivity contribution in [2.75, 3.05) is 13.7 Å². The average Bonchev–Trinajstić information content (AvgIpc) is 2.69. The molecule has 1 heterocycles. The van der Waals surface area contributed by atoms with Gasteiger partial charge in [-0.05, 0) is 25.5 Å². The minimum atomic E-state index is 0.241. The molecule has 0 radical (unpaired) electrons. The van der Waals surface area contributed by atoms with Gasteiger partial charge < -0.3 is 14.5 Å². The lowest BCUT2D eigenvalue weighted by Gasteiger charge is -2.20. The highest BCUT2D eigenvalue weighted by Crippen LogP contribution is 2.13. The zero-order valence-corrected chi connectivity index (χ0v) is 9.12. The summed E-state index contributed by atoms with van der Waals surface area (Å²) < 4.78 is 10.4. The normalized spacial score (nSPS) is 15.4. The molecule has 0 saturated carbocycles. The van der Waals surface area contributed by atoms with Crippen molar-refractivity contribution in [2.24, 2.45) is 0 Å². The first kappa shape index (κ1) is 11.3. The maximum Gasteiger partial charge on any atom is 0.120 e. The zero-order chi connectivity index (χ0) is 10.4. The standard InChI is InChI=1S/C11H19NO2/c1-4-10(8-13-3)12-9(2)11-6-5-7-14-11/h5-7,9-10,12H,4,8H2,1-3H3/t9-,10?/m0/s1. The Kier molecular flexibility index (Phi) is 4.70. The van der Waals surface area contributed by atoms with E-state index in [1.165, 1.54) is 0 Å². The van der Waals surface area contributed by atoms with Gasteiger partial charge in [-0.1, -0.05) is 6.92 Å². The van der Waals surface area contributed by atoms with Crippen LogP contribution in [0, 0.1) is 0 Å². The van der Waals surface area contributed by atoms with Crippen LogP contribution in [0.3, 0.4) is 0 Å². The van der Waals surface area contributed by atoms with Crippen LogP contribution in [0.15, 0.2) is 22.8 Å². The van der Waals surface area contributed by atoms with Crippen LogP contribution >= 0.6 is 0 Å². The molecule has 1 unspecified atom stereocenters. The quantitative estimate of drug-likeness (QED) is 0.760. The van der Waals surface area contributed by atoms with Gasteiger partial charge in [0.05, 0.1) is 18.9 Å². The van der Waals surface area contributed by atoms with Crippen molar-refractivity contribution in [3.05, 3.63) is 24.2 Å². The molecule has 1 N–H and O–H groups in total. The van der Waals surface area contributed by atoms with Gasteiger partial charge in [0.1, 0.15) is 5.76 Å². The number of furan rings is 1. The predicted octanol–water partition coefficient (Wildman–Crippen LogP) is 2.36. The van der Waals surface area contributed by atoms with Gasteiger partial charge >= 0.3 is 0 Å². The molecule has 1 rings (SSSR count). The van der Waals surface area contributed by atoms with Crippen molar-refractivity contribution in [1.82, 2.24) is 5.32 Å². The van der Waals surface area contributed by atoms with E-state index in [0.717, 1.165) is 18.8 Å². The first-order chi connectivity index (χ1) is 6.77. The molecular formula is C11H19NO2. The smallest absolute Gasteiger partial charge is 0.120 e. The van der Waals surface area contributed by atoms with Gasteiger partial charge in [0.15, 0.2) is 0 Å². The topological polar surface area (TPSA) is 34.4 Å².